The second-order valence-corrected chi connectivity index (χ2v) is 3.41. The summed E-state index contributed by atoms with van der Waals surface area (Å²) in [7, 11) is 1.39. The number of methoxy groups -OCH3 is 1. The van der Waals surface area contributed by atoms with Crippen molar-refractivity contribution in [1.82, 2.24) is 0 Å². The Bertz CT molecular complexity index is 220. The molecule has 1 aliphatic rings. The van der Waals surface area contributed by atoms with Gasteiger partial charge in [0.15, 0.2) is 0 Å². The molecule has 74 valence electrons. The lowest BCUT2D eigenvalue weighted by atomic mass is 9.86. The first kappa shape index (κ1) is 10.3. The molecule has 3 nitrogen and oxygen atoms in total. The number of esters is 1. The fourth-order valence-corrected chi connectivity index (χ4v) is 1.71. The summed E-state index contributed by atoms with van der Waals surface area (Å²) in [4.78, 5) is 11.2. The van der Waals surface area contributed by atoms with Crippen molar-refractivity contribution in [3.8, 4) is 0 Å². The lowest BCUT2D eigenvalue weighted by molar-refractivity contribution is -0.146. The van der Waals surface area contributed by atoms with Crippen LogP contribution in [0, 0.1) is 5.92 Å². The number of ether oxygens (including phenoxy) is 1. The predicted molar refractivity (Wildman–Crippen MR) is 49.1 cm³/mol. The number of hydrogen-bond acceptors (Lipinski definition) is 3. The summed E-state index contributed by atoms with van der Waals surface area (Å²) in [6.07, 6.45) is 3.49. The molecule has 0 amide bonds. The minimum atomic E-state index is -0.479. The molecule has 0 bridgehead atoms. The van der Waals surface area contributed by atoms with E-state index in [1.807, 2.05) is 13.0 Å². The van der Waals surface area contributed by atoms with Gasteiger partial charge in [0.25, 0.3) is 0 Å². The van der Waals surface area contributed by atoms with Gasteiger partial charge in [0.1, 0.15) is 0 Å². The van der Waals surface area contributed by atoms with Crippen LogP contribution < -0.4 is 0 Å². The molecule has 2 atom stereocenters. The number of carbonyl (C=O) groups is 1. The molecule has 0 aromatic rings. The van der Waals surface area contributed by atoms with Crippen LogP contribution in [0.4, 0.5) is 0 Å². The molecule has 1 rings (SSSR count). The normalized spacial score (nSPS) is 28.1. The zero-order valence-corrected chi connectivity index (χ0v) is 8.12. The molecule has 1 aliphatic carbocycles. The predicted octanol–water partition coefficient (Wildman–Crippen LogP) is 1.27. The zero-order valence-electron chi connectivity index (χ0n) is 8.12. The maximum atomic E-state index is 11.2. The minimum Gasteiger partial charge on any atom is -0.469 e. The van der Waals surface area contributed by atoms with Gasteiger partial charge in [0.05, 0.1) is 19.1 Å². The Morgan fingerprint density at radius 1 is 1.77 bits per heavy atom. The van der Waals surface area contributed by atoms with E-state index in [2.05, 4.69) is 4.74 Å². The van der Waals surface area contributed by atoms with Gasteiger partial charge in [-0.05, 0) is 19.3 Å². The smallest absolute Gasteiger partial charge is 0.309 e. The van der Waals surface area contributed by atoms with Crippen LogP contribution in [0.1, 0.15) is 26.2 Å². The van der Waals surface area contributed by atoms with Gasteiger partial charge in [0, 0.05) is 0 Å². The molecule has 0 saturated heterocycles. The maximum absolute atomic E-state index is 11.2. The second-order valence-electron chi connectivity index (χ2n) is 3.41. The van der Waals surface area contributed by atoms with Gasteiger partial charge in [0.2, 0.25) is 0 Å². The Morgan fingerprint density at radius 2 is 2.46 bits per heavy atom. The van der Waals surface area contributed by atoms with E-state index in [1.54, 1.807) is 0 Å². The Balaban J connectivity index is 2.63. The monoisotopic (exact) mass is 184 g/mol. The summed E-state index contributed by atoms with van der Waals surface area (Å²) < 4.78 is 4.65. The maximum Gasteiger partial charge on any atom is 0.309 e. The third kappa shape index (κ3) is 2.56. The minimum absolute atomic E-state index is 0.153. The fraction of sp³-hybridized carbons (Fsp3) is 0.700. The molecule has 0 fully saturated rings. The molecule has 0 aromatic heterocycles. The molecule has 3 heteroatoms. The summed E-state index contributed by atoms with van der Waals surface area (Å²) in [5, 5.41) is 9.44. The lowest BCUT2D eigenvalue weighted by Gasteiger charge is -2.23. The van der Waals surface area contributed by atoms with E-state index in [0.29, 0.717) is 6.42 Å². The summed E-state index contributed by atoms with van der Waals surface area (Å²) in [5.74, 6) is -0.363. The van der Waals surface area contributed by atoms with Crippen LogP contribution in [-0.4, -0.2) is 24.3 Å². The Morgan fingerprint density at radius 3 is 3.00 bits per heavy atom. The number of allylic oxidation sites excluding steroid dienone is 1. The van der Waals surface area contributed by atoms with Crippen LogP contribution >= 0.6 is 0 Å². The van der Waals surface area contributed by atoms with E-state index in [0.717, 1.165) is 18.4 Å². The van der Waals surface area contributed by atoms with Crippen LogP contribution in [-0.2, 0) is 9.53 Å². The van der Waals surface area contributed by atoms with Crippen molar-refractivity contribution in [3.05, 3.63) is 11.6 Å². The van der Waals surface area contributed by atoms with Crippen molar-refractivity contribution < 1.29 is 14.6 Å². The third-order valence-corrected chi connectivity index (χ3v) is 2.45. The largest absolute Gasteiger partial charge is 0.469 e. The average Bonchev–Trinajstić information content (AvgIpc) is 2.15. The van der Waals surface area contributed by atoms with Crippen LogP contribution in [0.3, 0.4) is 0 Å². The second kappa shape index (κ2) is 4.42. The van der Waals surface area contributed by atoms with Crippen LogP contribution in [0.5, 0.6) is 0 Å². The standard InChI is InChI=1S/C10H16O3/c1-3-7-4-8(10(12)13-2)6-9(11)5-7/h5,8-9,11H,3-4,6H2,1-2H3/t8-,9-/m0/s1. The molecule has 0 spiro atoms. The number of aliphatic hydroxyl groups is 1. The van der Waals surface area contributed by atoms with Gasteiger partial charge in [-0.25, -0.2) is 0 Å². The Labute approximate surface area is 78.4 Å². The molecule has 0 radical (unpaired) electrons. The van der Waals surface area contributed by atoms with Crippen molar-refractivity contribution in [3.63, 3.8) is 0 Å². The summed E-state index contributed by atoms with van der Waals surface area (Å²) in [6.45, 7) is 2.03. The highest BCUT2D eigenvalue weighted by Crippen LogP contribution is 2.26. The fourth-order valence-electron chi connectivity index (χ4n) is 1.71. The quantitative estimate of drug-likeness (QED) is 0.519. The molecular formula is C10H16O3. The molecule has 0 saturated carbocycles. The summed E-state index contributed by atoms with van der Waals surface area (Å²) in [6, 6.07) is 0. The molecule has 0 unspecified atom stereocenters. The highest BCUT2D eigenvalue weighted by Gasteiger charge is 2.26. The lowest BCUT2D eigenvalue weighted by Crippen LogP contribution is -2.25. The summed E-state index contributed by atoms with van der Waals surface area (Å²) in [5.41, 5.74) is 1.15. The van der Waals surface area contributed by atoms with Gasteiger partial charge in [-0.1, -0.05) is 18.6 Å². The van der Waals surface area contributed by atoms with Crippen molar-refractivity contribution in [1.29, 1.82) is 0 Å². The number of hydrogen-bond donors (Lipinski definition) is 1. The Hall–Kier alpha value is -0.830. The highest BCUT2D eigenvalue weighted by molar-refractivity contribution is 5.73. The molecule has 1 N–H and O–H groups in total. The zero-order chi connectivity index (χ0) is 9.84. The van der Waals surface area contributed by atoms with Crippen molar-refractivity contribution in [2.24, 2.45) is 5.92 Å². The first-order chi connectivity index (χ1) is 6.17. The number of rotatable bonds is 2. The van der Waals surface area contributed by atoms with E-state index < -0.39 is 6.10 Å². The molecule has 13 heavy (non-hydrogen) atoms. The summed E-state index contributed by atoms with van der Waals surface area (Å²) >= 11 is 0. The first-order valence-corrected chi connectivity index (χ1v) is 4.62. The number of aliphatic hydroxyl groups excluding tert-OH is 1. The molecule has 0 aliphatic heterocycles. The van der Waals surface area contributed by atoms with E-state index in [9.17, 15) is 9.90 Å². The topological polar surface area (TPSA) is 46.5 Å². The van der Waals surface area contributed by atoms with Crippen LogP contribution in [0.15, 0.2) is 11.6 Å². The van der Waals surface area contributed by atoms with Crippen molar-refractivity contribution >= 4 is 5.97 Å². The van der Waals surface area contributed by atoms with E-state index >= 15 is 0 Å². The van der Waals surface area contributed by atoms with Crippen molar-refractivity contribution in [2.75, 3.05) is 7.11 Å². The van der Waals surface area contributed by atoms with E-state index in [4.69, 9.17) is 0 Å². The van der Waals surface area contributed by atoms with Gasteiger partial charge >= 0.3 is 5.97 Å². The highest BCUT2D eigenvalue weighted by atomic mass is 16.5. The van der Waals surface area contributed by atoms with Gasteiger partial charge in [-0.2, -0.15) is 0 Å². The van der Waals surface area contributed by atoms with Gasteiger partial charge in [-0.15, -0.1) is 0 Å². The van der Waals surface area contributed by atoms with Gasteiger partial charge < -0.3 is 9.84 Å². The first-order valence-electron chi connectivity index (χ1n) is 4.62. The van der Waals surface area contributed by atoms with Gasteiger partial charge in [-0.3, -0.25) is 4.79 Å². The van der Waals surface area contributed by atoms with E-state index in [1.165, 1.54) is 7.11 Å². The van der Waals surface area contributed by atoms with Crippen LogP contribution in [0.2, 0.25) is 0 Å². The average molecular weight is 184 g/mol. The molecule has 0 aromatic carbocycles. The molecular weight excluding hydrogens is 168 g/mol. The van der Waals surface area contributed by atoms with E-state index in [-0.39, 0.29) is 11.9 Å². The molecule has 0 heterocycles. The SMILES string of the molecule is CCC1=C[C@H](O)C[C@@H](C(=O)OC)C1. The van der Waals surface area contributed by atoms with Crippen LogP contribution in [0.25, 0.3) is 0 Å². The van der Waals surface area contributed by atoms with Crippen molar-refractivity contribution in [2.45, 2.75) is 32.3 Å². The number of carbonyl (C=O) groups excluding carboxylic acids is 1. The Kier molecular flexibility index (Phi) is 3.48. The third-order valence-electron chi connectivity index (χ3n) is 2.45.